The minimum Gasteiger partial charge on any atom is -0.495 e. The average molecular weight is 526 g/mol. The molecule has 3 aromatic heterocycles. The second kappa shape index (κ2) is 10.4. The molecule has 38 heavy (non-hydrogen) atoms. The van der Waals surface area contributed by atoms with Crippen LogP contribution in [0.3, 0.4) is 0 Å². The van der Waals surface area contributed by atoms with Gasteiger partial charge in [-0.15, -0.1) is 11.3 Å². The molecular weight excluding hydrogens is 498 g/mol. The highest BCUT2D eigenvalue weighted by molar-refractivity contribution is 7.18. The Kier molecular flexibility index (Phi) is 6.85. The van der Waals surface area contributed by atoms with Crippen molar-refractivity contribution in [2.75, 3.05) is 24.7 Å². The molecule has 0 aliphatic heterocycles. The number of nitrogen functional groups attached to an aromatic ring is 1. The number of rotatable bonds is 7. The summed E-state index contributed by atoms with van der Waals surface area (Å²) in [5.74, 6) is 0.661. The number of thiophene rings is 1. The zero-order valence-electron chi connectivity index (χ0n) is 21.2. The summed E-state index contributed by atoms with van der Waals surface area (Å²) in [4.78, 5) is 28.7. The molecule has 0 unspecified atom stereocenters. The van der Waals surface area contributed by atoms with E-state index in [1.807, 2.05) is 77.7 Å². The topological polar surface area (TPSA) is 111 Å². The van der Waals surface area contributed by atoms with Gasteiger partial charge in [0, 0.05) is 58.8 Å². The number of aryl methyl sites for hydroxylation is 1. The number of carbonyl (C=O) groups is 2. The van der Waals surface area contributed by atoms with Gasteiger partial charge in [-0.25, -0.2) is 4.98 Å². The van der Waals surface area contributed by atoms with E-state index in [-0.39, 0.29) is 11.8 Å². The van der Waals surface area contributed by atoms with Gasteiger partial charge in [-0.1, -0.05) is 36.4 Å². The normalized spacial score (nSPS) is 11.3. The summed E-state index contributed by atoms with van der Waals surface area (Å²) in [6, 6.07) is 15.4. The number of amides is 2. The molecular formula is C29H27N5O3S. The number of ether oxygens (including phenoxy) is 1. The lowest BCUT2D eigenvalue weighted by atomic mass is 10.0. The van der Waals surface area contributed by atoms with Crippen LogP contribution in [0.25, 0.3) is 38.2 Å². The lowest BCUT2D eigenvalue weighted by molar-refractivity contribution is -0.118. The number of nitrogens with one attached hydrogen (secondary N) is 2. The highest BCUT2D eigenvalue weighted by Crippen LogP contribution is 2.41. The number of methoxy groups -OCH3 is 1. The van der Waals surface area contributed by atoms with E-state index in [1.165, 1.54) is 6.92 Å². The number of carbonyl (C=O) groups excluding carboxylic acids is 2. The monoisotopic (exact) mass is 525 g/mol. The quantitative estimate of drug-likeness (QED) is 0.262. The summed E-state index contributed by atoms with van der Waals surface area (Å²) in [6.07, 6.45) is 5.54. The van der Waals surface area contributed by atoms with Crippen molar-refractivity contribution in [3.05, 3.63) is 77.4 Å². The molecule has 2 amide bonds. The number of hydrogen-bond acceptors (Lipinski definition) is 6. The minimum absolute atomic E-state index is 0.0840. The Morgan fingerprint density at radius 1 is 1.18 bits per heavy atom. The van der Waals surface area contributed by atoms with E-state index in [0.717, 1.165) is 37.7 Å². The highest BCUT2D eigenvalue weighted by Gasteiger charge is 2.18. The molecule has 0 atom stereocenters. The average Bonchev–Trinajstić information content (AvgIpc) is 3.51. The van der Waals surface area contributed by atoms with Crippen molar-refractivity contribution < 1.29 is 14.3 Å². The Balaban J connectivity index is 1.45. The van der Waals surface area contributed by atoms with Gasteiger partial charge < -0.3 is 25.7 Å². The van der Waals surface area contributed by atoms with Crippen LogP contribution in [0, 0.1) is 0 Å². The zero-order chi connectivity index (χ0) is 26.8. The maximum absolute atomic E-state index is 13.1. The number of fused-ring (bicyclic) bond motifs is 2. The van der Waals surface area contributed by atoms with Crippen molar-refractivity contribution in [2.45, 2.75) is 6.92 Å². The Morgan fingerprint density at radius 2 is 2.00 bits per heavy atom. The number of aromatic nitrogens is 2. The SMILES string of the molecule is COc1cc(-c2csc3c(/C=C/CNC(C)=O)cnc(N)c23)ccc1NC(=O)c1cc2ccccc2n1C. The highest BCUT2D eigenvalue weighted by atomic mass is 32.1. The lowest BCUT2D eigenvalue weighted by Gasteiger charge is -2.13. The summed E-state index contributed by atoms with van der Waals surface area (Å²) >= 11 is 1.57. The van der Waals surface area contributed by atoms with Crippen LogP contribution >= 0.6 is 11.3 Å². The maximum atomic E-state index is 13.1. The van der Waals surface area contributed by atoms with Gasteiger partial charge in [0.05, 0.1) is 12.8 Å². The molecule has 5 aromatic rings. The van der Waals surface area contributed by atoms with E-state index in [9.17, 15) is 9.59 Å². The van der Waals surface area contributed by atoms with Crippen LogP contribution < -0.4 is 21.1 Å². The fraction of sp³-hybridized carbons (Fsp3) is 0.138. The molecule has 0 bridgehead atoms. The molecule has 4 N–H and O–H groups in total. The molecule has 0 aliphatic carbocycles. The van der Waals surface area contributed by atoms with E-state index in [0.29, 0.717) is 29.5 Å². The number of benzene rings is 2. The number of anilines is 2. The van der Waals surface area contributed by atoms with Gasteiger partial charge >= 0.3 is 0 Å². The molecule has 0 saturated carbocycles. The van der Waals surface area contributed by atoms with Gasteiger partial charge in [0.25, 0.3) is 5.91 Å². The first-order valence-electron chi connectivity index (χ1n) is 12.0. The Hall–Kier alpha value is -4.63. The largest absolute Gasteiger partial charge is 0.495 e. The fourth-order valence-corrected chi connectivity index (χ4v) is 5.54. The van der Waals surface area contributed by atoms with Crippen LogP contribution in [-0.4, -0.2) is 35.0 Å². The fourth-order valence-electron chi connectivity index (χ4n) is 4.46. The number of pyridine rings is 1. The summed E-state index contributed by atoms with van der Waals surface area (Å²) in [5, 5.41) is 9.63. The molecule has 0 fully saturated rings. The van der Waals surface area contributed by atoms with Gasteiger partial charge in [0.1, 0.15) is 17.3 Å². The molecule has 192 valence electrons. The number of hydrogen-bond donors (Lipinski definition) is 3. The van der Waals surface area contributed by atoms with Crippen LogP contribution in [0.2, 0.25) is 0 Å². The van der Waals surface area contributed by atoms with E-state index >= 15 is 0 Å². The number of nitrogens with zero attached hydrogens (tertiary/aromatic N) is 2. The van der Waals surface area contributed by atoms with E-state index in [4.69, 9.17) is 10.5 Å². The molecule has 9 heteroatoms. The molecule has 8 nitrogen and oxygen atoms in total. The van der Waals surface area contributed by atoms with Crippen molar-refractivity contribution in [1.82, 2.24) is 14.9 Å². The number of para-hydroxylation sites is 1. The Bertz CT molecular complexity index is 1720. The van der Waals surface area contributed by atoms with Gasteiger partial charge in [0.2, 0.25) is 5.91 Å². The van der Waals surface area contributed by atoms with Gasteiger partial charge in [0.15, 0.2) is 0 Å². The summed E-state index contributed by atoms with van der Waals surface area (Å²) in [7, 11) is 3.45. The van der Waals surface area contributed by atoms with Crippen LogP contribution in [0.1, 0.15) is 23.0 Å². The van der Waals surface area contributed by atoms with Crippen LogP contribution in [-0.2, 0) is 11.8 Å². The molecule has 3 heterocycles. The van der Waals surface area contributed by atoms with E-state index in [1.54, 1.807) is 24.6 Å². The first-order valence-corrected chi connectivity index (χ1v) is 12.9. The smallest absolute Gasteiger partial charge is 0.272 e. The third-order valence-electron chi connectivity index (χ3n) is 6.36. The Morgan fingerprint density at radius 3 is 2.76 bits per heavy atom. The first kappa shape index (κ1) is 25.0. The molecule has 0 aliphatic rings. The van der Waals surface area contributed by atoms with Crippen molar-refractivity contribution >= 4 is 61.7 Å². The predicted molar refractivity (Wildman–Crippen MR) is 155 cm³/mol. The Labute approximate surface area is 223 Å². The lowest BCUT2D eigenvalue weighted by Crippen LogP contribution is -2.19. The predicted octanol–water partition coefficient (Wildman–Crippen LogP) is 5.45. The van der Waals surface area contributed by atoms with Crippen molar-refractivity contribution in [3.8, 4) is 16.9 Å². The standard InChI is InChI=1S/C29H27N5O3S/c1-17(35)31-12-6-8-20-15-32-28(30)26-21(16-38-27(20)26)18-10-11-22(25(14-18)37-3)33-29(36)24-13-19-7-4-5-9-23(19)34(24)2/h4-11,13-16H,12H2,1-3H3,(H2,30,32)(H,31,35)(H,33,36)/b8-6+. The van der Waals surface area contributed by atoms with Crippen molar-refractivity contribution in [1.29, 1.82) is 0 Å². The molecule has 0 radical (unpaired) electrons. The maximum Gasteiger partial charge on any atom is 0.272 e. The molecule has 0 spiro atoms. The van der Waals surface area contributed by atoms with Gasteiger partial charge in [-0.05, 0) is 35.2 Å². The zero-order valence-corrected chi connectivity index (χ0v) is 22.1. The summed E-state index contributed by atoms with van der Waals surface area (Å²) in [5.41, 5.74) is 11.2. The first-order chi connectivity index (χ1) is 18.4. The molecule has 5 rings (SSSR count). The second-order valence-electron chi connectivity index (χ2n) is 8.81. The van der Waals surface area contributed by atoms with Crippen LogP contribution in [0.5, 0.6) is 5.75 Å². The summed E-state index contributed by atoms with van der Waals surface area (Å²) < 4.78 is 8.52. The molecule has 0 saturated heterocycles. The summed E-state index contributed by atoms with van der Waals surface area (Å²) in [6.45, 7) is 1.92. The third-order valence-corrected chi connectivity index (χ3v) is 7.39. The second-order valence-corrected chi connectivity index (χ2v) is 9.69. The van der Waals surface area contributed by atoms with Crippen molar-refractivity contribution in [3.63, 3.8) is 0 Å². The van der Waals surface area contributed by atoms with Crippen molar-refractivity contribution in [2.24, 2.45) is 7.05 Å². The van der Waals surface area contributed by atoms with Crippen LogP contribution in [0.4, 0.5) is 11.5 Å². The van der Waals surface area contributed by atoms with E-state index in [2.05, 4.69) is 15.6 Å². The minimum atomic E-state index is -0.222. The van der Waals surface area contributed by atoms with Gasteiger partial charge in [-0.2, -0.15) is 0 Å². The van der Waals surface area contributed by atoms with E-state index < -0.39 is 0 Å². The van der Waals surface area contributed by atoms with Crippen LogP contribution in [0.15, 0.2) is 66.2 Å². The third kappa shape index (κ3) is 4.71. The number of nitrogens with two attached hydrogens (primary N) is 1. The van der Waals surface area contributed by atoms with Gasteiger partial charge in [-0.3, -0.25) is 9.59 Å². The molecule has 2 aromatic carbocycles.